The third kappa shape index (κ3) is 4.96. The van der Waals surface area contributed by atoms with E-state index in [-0.39, 0.29) is 24.0 Å². The maximum atomic E-state index is 13.5. The molecule has 1 N–H and O–H groups in total. The van der Waals surface area contributed by atoms with E-state index in [1.807, 2.05) is 53.0 Å². The molecule has 1 aliphatic carbocycles. The third-order valence-electron chi connectivity index (χ3n) is 8.17. The molecule has 7 heteroatoms. The van der Waals surface area contributed by atoms with Crippen molar-refractivity contribution in [3.05, 3.63) is 95.3 Å². The van der Waals surface area contributed by atoms with Gasteiger partial charge in [-0.05, 0) is 54.5 Å². The van der Waals surface area contributed by atoms with Crippen molar-refractivity contribution in [1.82, 2.24) is 19.9 Å². The van der Waals surface area contributed by atoms with Crippen LogP contribution in [0.5, 0.6) is 0 Å². The molecule has 38 heavy (non-hydrogen) atoms. The van der Waals surface area contributed by atoms with Crippen LogP contribution < -0.4 is 0 Å². The number of nitrogens with zero attached hydrogens (tertiary/aromatic N) is 4. The second kappa shape index (κ2) is 10.7. The molecule has 0 radical (unpaired) electrons. The number of aliphatic hydroxyl groups is 1. The summed E-state index contributed by atoms with van der Waals surface area (Å²) < 4.78 is 8.01. The molecule has 2 heterocycles. The Labute approximate surface area is 223 Å². The molecule has 0 spiro atoms. The largest absolute Gasteiger partial charge is 0.382 e. The lowest BCUT2D eigenvalue weighted by atomic mass is 9.85. The minimum Gasteiger partial charge on any atom is -0.382 e. The fourth-order valence-corrected chi connectivity index (χ4v) is 5.93. The summed E-state index contributed by atoms with van der Waals surface area (Å²) in [4.78, 5) is 15.5. The van der Waals surface area contributed by atoms with Gasteiger partial charge in [0.1, 0.15) is 17.9 Å². The smallest absolute Gasteiger partial charge is 0.225 e. The van der Waals surface area contributed by atoms with Gasteiger partial charge in [-0.2, -0.15) is 0 Å². The first-order valence-corrected chi connectivity index (χ1v) is 13.6. The average Bonchev–Trinajstić information content (AvgIpc) is 3.47. The summed E-state index contributed by atoms with van der Waals surface area (Å²) in [7, 11) is 0. The number of carbonyl (C=O) groups excluding carboxylic acids is 1. The molecule has 1 aromatic heterocycles. The van der Waals surface area contributed by atoms with Gasteiger partial charge in [0.25, 0.3) is 0 Å². The number of aromatic nitrogens is 3. The molecule has 1 amide bonds. The SMILES string of the molecule is Cc1ccc(C(O)c2cn(C3CCC(C(=O)N4CCOC(c5cccc6ccccc56)C4)CC3)nn2)cc1. The molecule has 196 valence electrons. The topological polar surface area (TPSA) is 80.5 Å². The number of rotatable bonds is 5. The van der Waals surface area contributed by atoms with E-state index in [4.69, 9.17) is 4.74 Å². The maximum absolute atomic E-state index is 13.5. The second-order valence-electron chi connectivity index (χ2n) is 10.7. The minimum absolute atomic E-state index is 0.0265. The van der Waals surface area contributed by atoms with Crippen LogP contribution in [-0.4, -0.2) is 50.6 Å². The molecule has 1 saturated heterocycles. The number of aliphatic hydroxyl groups excluding tert-OH is 1. The summed E-state index contributed by atoms with van der Waals surface area (Å²) in [5.41, 5.74) is 3.67. The molecule has 1 saturated carbocycles. The first-order chi connectivity index (χ1) is 18.6. The molecule has 7 nitrogen and oxygen atoms in total. The molecule has 6 rings (SSSR count). The first-order valence-electron chi connectivity index (χ1n) is 13.6. The number of benzene rings is 3. The Morgan fingerprint density at radius 1 is 1.00 bits per heavy atom. The van der Waals surface area contributed by atoms with Crippen LogP contribution in [0.2, 0.25) is 0 Å². The molecule has 4 aromatic rings. The quantitative estimate of drug-likeness (QED) is 0.402. The monoisotopic (exact) mass is 510 g/mol. The molecule has 1 aliphatic heterocycles. The van der Waals surface area contributed by atoms with Crippen LogP contribution in [0.1, 0.15) is 66.3 Å². The van der Waals surface area contributed by atoms with Crippen LogP contribution in [0, 0.1) is 12.8 Å². The lowest BCUT2D eigenvalue weighted by Gasteiger charge is -2.37. The number of aryl methyl sites for hydroxylation is 1. The Morgan fingerprint density at radius 3 is 2.58 bits per heavy atom. The van der Waals surface area contributed by atoms with E-state index in [0.29, 0.717) is 25.4 Å². The van der Waals surface area contributed by atoms with Gasteiger partial charge in [-0.1, -0.05) is 77.5 Å². The number of fused-ring (bicyclic) bond motifs is 1. The highest BCUT2D eigenvalue weighted by atomic mass is 16.5. The molecule has 3 aromatic carbocycles. The van der Waals surface area contributed by atoms with Crippen molar-refractivity contribution < 1.29 is 14.6 Å². The highest BCUT2D eigenvalue weighted by Gasteiger charge is 2.34. The first kappa shape index (κ1) is 24.8. The predicted octanol–water partition coefficient (Wildman–Crippen LogP) is 5.15. The second-order valence-corrected chi connectivity index (χ2v) is 10.7. The summed E-state index contributed by atoms with van der Waals surface area (Å²) >= 11 is 0. The molecule has 0 bridgehead atoms. The number of hydrogen-bond donors (Lipinski definition) is 1. The minimum atomic E-state index is -0.793. The Hall–Kier alpha value is -3.55. The van der Waals surface area contributed by atoms with E-state index in [2.05, 4.69) is 46.7 Å². The van der Waals surface area contributed by atoms with Crippen LogP contribution in [0.25, 0.3) is 10.8 Å². The average molecular weight is 511 g/mol. The lowest BCUT2D eigenvalue weighted by Crippen LogP contribution is -2.45. The van der Waals surface area contributed by atoms with Gasteiger partial charge in [-0.3, -0.25) is 4.79 Å². The van der Waals surface area contributed by atoms with Crippen molar-refractivity contribution in [2.45, 2.75) is 50.9 Å². The van der Waals surface area contributed by atoms with Gasteiger partial charge >= 0.3 is 0 Å². The fraction of sp³-hybridized carbons (Fsp3) is 0.387. The molecule has 2 aliphatic rings. The van der Waals surface area contributed by atoms with E-state index in [1.165, 1.54) is 10.8 Å². The number of ether oxygens (including phenoxy) is 1. The van der Waals surface area contributed by atoms with Gasteiger partial charge in [0.2, 0.25) is 5.91 Å². The van der Waals surface area contributed by atoms with Crippen LogP contribution in [0.3, 0.4) is 0 Å². The normalized spacial score (nSPS) is 22.9. The van der Waals surface area contributed by atoms with Gasteiger partial charge in [0, 0.05) is 12.5 Å². The van der Waals surface area contributed by atoms with Crippen molar-refractivity contribution in [2.75, 3.05) is 19.7 Å². The summed E-state index contributed by atoms with van der Waals surface area (Å²) in [6.07, 6.45) is 4.36. The van der Waals surface area contributed by atoms with Gasteiger partial charge < -0.3 is 14.7 Å². The fourth-order valence-electron chi connectivity index (χ4n) is 5.93. The zero-order valence-corrected chi connectivity index (χ0v) is 21.7. The Balaban J connectivity index is 1.07. The number of carbonyl (C=O) groups is 1. The highest BCUT2D eigenvalue weighted by molar-refractivity contribution is 5.86. The highest BCUT2D eigenvalue weighted by Crippen LogP contribution is 2.35. The Bertz CT molecular complexity index is 1400. The van der Waals surface area contributed by atoms with Crippen LogP contribution in [0.4, 0.5) is 0 Å². The van der Waals surface area contributed by atoms with E-state index in [0.717, 1.165) is 42.4 Å². The zero-order chi connectivity index (χ0) is 26.1. The summed E-state index contributed by atoms with van der Waals surface area (Å²) in [5, 5.41) is 21.7. The molecular weight excluding hydrogens is 476 g/mol. The van der Waals surface area contributed by atoms with Crippen molar-refractivity contribution >= 4 is 16.7 Å². The Morgan fingerprint density at radius 2 is 1.76 bits per heavy atom. The number of morpholine rings is 1. The molecular formula is C31H34N4O3. The van der Waals surface area contributed by atoms with E-state index in [9.17, 15) is 9.90 Å². The molecule has 2 unspecified atom stereocenters. The molecule has 2 atom stereocenters. The maximum Gasteiger partial charge on any atom is 0.225 e. The van der Waals surface area contributed by atoms with E-state index < -0.39 is 6.10 Å². The number of hydrogen-bond acceptors (Lipinski definition) is 5. The summed E-state index contributed by atoms with van der Waals surface area (Å²) in [6.45, 7) is 3.81. The lowest BCUT2D eigenvalue weighted by molar-refractivity contribution is -0.144. The predicted molar refractivity (Wildman–Crippen MR) is 145 cm³/mol. The van der Waals surface area contributed by atoms with Gasteiger partial charge in [0.05, 0.1) is 25.4 Å². The Kier molecular flexibility index (Phi) is 6.96. The van der Waals surface area contributed by atoms with Crippen molar-refractivity contribution in [2.24, 2.45) is 5.92 Å². The number of amides is 1. The van der Waals surface area contributed by atoms with E-state index in [1.54, 1.807) is 0 Å². The van der Waals surface area contributed by atoms with Crippen LogP contribution >= 0.6 is 0 Å². The standard InChI is InChI=1S/C31H34N4O3/c1-21-9-11-23(12-10-21)30(36)28-19-35(33-32-28)25-15-13-24(14-16-25)31(37)34-17-18-38-29(20-34)27-8-4-6-22-5-2-3-7-26(22)27/h2-12,19,24-25,29-30,36H,13-18,20H2,1H3. The van der Waals surface area contributed by atoms with Gasteiger partial charge in [-0.25, -0.2) is 4.68 Å². The van der Waals surface area contributed by atoms with Crippen molar-refractivity contribution in [1.29, 1.82) is 0 Å². The van der Waals surface area contributed by atoms with E-state index >= 15 is 0 Å². The van der Waals surface area contributed by atoms with Crippen molar-refractivity contribution in [3.8, 4) is 0 Å². The van der Waals surface area contributed by atoms with Gasteiger partial charge in [0.15, 0.2) is 0 Å². The van der Waals surface area contributed by atoms with Crippen LogP contribution in [-0.2, 0) is 9.53 Å². The zero-order valence-electron chi connectivity index (χ0n) is 21.7. The van der Waals surface area contributed by atoms with Crippen molar-refractivity contribution in [3.63, 3.8) is 0 Å². The summed E-state index contributed by atoms with van der Waals surface area (Å²) in [6, 6.07) is 22.7. The van der Waals surface area contributed by atoms with Gasteiger partial charge in [-0.15, -0.1) is 5.10 Å². The molecule has 2 fully saturated rings. The van der Waals surface area contributed by atoms with Crippen LogP contribution in [0.15, 0.2) is 72.9 Å². The summed E-state index contributed by atoms with van der Waals surface area (Å²) in [5.74, 6) is 0.268. The third-order valence-corrected chi connectivity index (χ3v) is 8.17.